The summed E-state index contributed by atoms with van der Waals surface area (Å²) in [7, 11) is 0. The monoisotopic (exact) mass is 335 g/mol. The molecule has 0 saturated heterocycles. The molecule has 0 spiro atoms. The molecule has 0 fully saturated rings. The van der Waals surface area contributed by atoms with E-state index in [9.17, 15) is 0 Å². The zero-order valence-electron chi connectivity index (χ0n) is 12.7. The third-order valence-corrected chi connectivity index (χ3v) is 4.01. The van der Waals surface area contributed by atoms with Gasteiger partial charge >= 0.3 is 0 Å². The van der Waals surface area contributed by atoms with Crippen molar-refractivity contribution in [3.8, 4) is 11.4 Å². The maximum Gasteiger partial charge on any atom is 0.222 e. The van der Waals surface area contributed by atoms with Crippen molar-refractivity contribution >= 4 is 23.1 Å². The van der Waals surface area contributed by atoms with E-state index < -0.39 is 0 Å². The van der Waals surface area contributed by atoms with Crippen LogP contribution in [0.1, 0.15) is 11.1 Å². The fourth-order valence-electron chi connectivity index (χ4n) is 2.79. The number of hydrogen-bond donors (Lipinski definition) is 1. The highest BCUT2D eigenvalue weighted by atomic mass is 35.5. The number of hydrogen-bond acceptors (Lipinski definition) is 4. The van der Waals surface area contributed by atoms with E-state index in [-0.39, 0.29) is 5.95 Å². The van der Waals surface area contributed by atoms with Crippen LogP contribution in [-0.2, 0) is 6.42 Å². The molecule has 0 aliphatic rings. The van der Waals surface area contributed by atoms with E-state index in [2.05, 4.69) is 27.2 Å². The van der Waals surface area contributed by atoms with Crippen molar-refractivity contribution < 1.29 is 0 Å². The summed E-state index contributed by atoms with van der Waals surface area (Å²) in [6.45, 7) is 0. The zero-order chi connectivity index (χ0) is 16.5. The van der Waals surface area contributed by atoms with Crippen molar-refractivity contribution in [1.29, 1.82) is 0 Å². The van der Waals surface area contributed by atoms with Gasteiger partial charge < -0.3 is 5.73 Å². The lowest BCUT2D eigenvalue weighted by molar-refractivity contribution is 0.961. The third kappa shape index (κ3) is 2.70. The van der Waals surface area contributed by atoms with Gasteiger partial charge in [0.05, 0.1) is 11.2 Å². The Hall–Kier alpha value is -2.92. The molecule has 0 aliphatic carbocycles. The lowest BCUT2D eigenvalue weighted by Crippen LogP contribution is -1.98. The fourth-order valence-corrected chi connectivity index (χ4v) is 2.98. The standard InChI is InChI=1S/C18H14ClN5/c19-16-11-14(21-18(20)22-16)17-13(10-12-6-2-1-3-7-12)15-8-4-5-9-24(15)23-17/h1-9,11H,10H2,(H2,20,21,22). The van der Waals surface area contributed by atoms with E-state index in [0.29, 0.717) is 10.8 Å². The molecule has 0 aliphatic heterocycles. The Morgan fingerprint density at radius 3 is 2.58 bits per heavy atom. The van der Waals surface area contributed by atoms with Crippen LogP contribution in [0.2, 0.25) is 5.15 Å². The second-order valence-electron chi connectivity index (χ2n) is 5.45. The summed E-state index contributed by atoms with van der Waals surface area (Å²) in [5, 5.41) is 4.98. The second kappa shape index (κ2) is 5.94. The number of nitrogen functional groups attached to an aromatic ring is 1. The Balaban J connectivity index is 1.92. The summed E-state index contributed by atoms with van der Waals surface area (Å²) < 4.78 is 1.85. The first-order chi connectivity index (χ1) is 11.7. The summed E-state index contributed by atoms with van der Waals surface area (Å²) in [6, 6.07) is 17.9. The average molecular weight is 336 g/mol. The molecule has 3 heterocycles. The maximum absolute atomic E-state index is 6.05. The van der Waals surface area contributed by atoms with Crippen LogP contribution in [0.5, 0.6) is 0 Å². The summed E-state index contributed by atoms with van der Waals surface area (Å²) >= 11 is 6.05. The highest BCUT2D eigenvalue weighted by Gasteiger charge is 2.17. The predicted octanol–water partition coefficient (Wildman–Crippen LogP) is 3.62. The highest BCUT2D eigenvalue weighted by Crippen LogP contribution is 2.28. The molecule has 3 aromatic heterocycles. The van der Waals surface area contributed by atoms with Gasteiger partial charge in [-0.25, -0.2) is 14.5 Å². The number of nitrogens with two attached hydrogens (primary N) is 1. The molecule has 6 heteroatoms. The van der Waals surface area contributed by atoms with Crippen molar-refractivity contribution in [3.63, 3.8) is 0 Å². The van der Waals surface area contributed by atoms with Crippen molar-refractivity contribution in [3.05, 3.63) is 77.1 Å². The van der Waals surface area contributed by atoms with Gasteiger partial charge in [-0.1, -0.05) is 48.0 Å². The van der Waals surface area contributed by atoms with Crippen LogP contribution >= 0.6 is 11.6 Å². The molecular weight excluding hydrogens is 322 g/mol. The van der Waals surface area contributed by atoms with Crippen LogP contribution in [0.3, 0.4) is 0 Å². The van der Waals surface area contributed by atoms with Crippen LogP contribution in [-0.4, -0.2) is 19.6 Å². The summed E-state index contributed by atoms with van der Waals surface area (Å²) in [5.74, 6) is 0.139. The molecular formula is C18H14ClN5. The van der Waals surface area contributed by atoms with Crippen LogP contribution in [0.4, 0.5) is 5.95 Å². The lowest BCUT2D eigenvalue weighted by atomic mass is 10.0. The number of benzene rings is 1. The van der Waals surface area contributed by atoms with E-state index in [0.717, 1.165) is 23.2 Å². The van der Waals surface area contributed by atoms with Gasteiger partial charge in [0.15, 0.2) is 0 Å². The average Bonchev–Trinajstić information content (AvgIpc) is 2.94. The van der Waals surface area contributed by atoms with E-state index in [1.807, 2.05) is 47.1 Å². The minimum atomic E-state index is 0.139. The first-order valence-corrected chi connectivity index (χ1v) is 7.89. The number of pyridine rings is 1. The van der Waals surface area contributed by atoms with Crippen molar-refractivity contribution in [2.45, 2.75) is 6.42 Å². The summed E-state index contributed by atoms with van der Waals surface area (Å²) in [4.78, 5) is 8.23. The SMILES string of the molecule is Nc1nc(Cl)cc(-c2nn3ccccc3c2Cc2ccccc2)n1. The first-order valence-electron chi connectivity index (χ1n) is 7.51. The van der Waals surface area contributed by atoms with Gasteiger partial charge in [-0.05, 0) is 17.7 Å². The van der Waals surface area contributed by atoms with Gasteiger partial charge in [0.25, 0.3) is 0 Å². The Kier molecular flexibility index (Phi) is 3.63. The Morgan fingerprint density at radius 2 is 1.79 bits per heavy atom. The topological polar surface area (TPSA) is 69.1 Å². The van der Waals surface area contributed by atoms with Gasteiger partial charge in [-0.15, -0.1) is 0 Å². The number of nitrogens with zero attached hydrogens (tertiary/aromatic N) is 4. The maximum atomic E-state index is 6.05. The zero-order valence-corrected chi connectivity index (χ0v) is 13.5. The van der Waals surface area contributed by atoms with Gasteiger partial charge in [0.1, 0.15) is 10.8 Å². The molecule has 0 unspecified atom stereocenters. The van der Waals surface area contributed by atoms with Crippen LogP contribution in [0.15, 0.2) is 60.8 Å². The van der Waals surface area contributed by atoms with E-state index in [1.54, 1.807) is 6.07 Å². The Labute approximate surface area is 143 Å². The molecule has 118 valence electrons. The smallest absolute Gasteiger partial charge is 0.222 e. The molecule has 0 saturated carbocycles. The summed E-state index contributed by atoms with van der Waals surface area (Å²) in [5.41, 5.74) is 10.5. The number of fused-ring (bicyclic) bond motifs is 1. The van der Waals surface area contributed by atoms with Crippen molar-refractivity contribution in [2.24, 2.45) is 0 Å². The number of halogens is 1. The Morgan fingerprint density at radius 1 is 1.00 bits per heavy atom. The van der Waals surface area contributed by atoms with E-state index in [1.165, 1.54) is 5.56 Å². The minimum absolute atomic E-state index is 0.139. The number of rotatable bonds is 3. The van der Waals surface area contributed by atoms with Gasteiger partial charge in [0.2, 0.25) is 5.95 Å². The number of aromatic nitrogens is 4. The van der Waals surface area contributed by atoms with E-state index >= 15 is 0 Å². The Bertz CT molecular complexity index is 990. The van der Waals surface area contributed by atoms with Gasteiger partial charge in [0, 0.05) is 24.2 Å². The normalized spacial score (nSPS) is 11.0. The molecule has 4 rings (SSSR count). The van der Waals surface area contributed by atoms with Gasteiger partial charge in [-0.2, -0.15) is 5.10 Å². The molecule has 0 atom stereocenters. The van der Waals surface area contributed by atoms with Crippen molar-refractivity contribution in [2.75, 3.05) is 5.73 Å². The first kappa shape index (κ1) is 14.7. The molecule has 5 nitrogen and oxygen atoms in total. The predicted molar refractivity (Wildman–Crippen MR) is 94.9 cm³/mol. The highest BCUT2D eigenvalue weighted by molar-refractivity contribution is 6.29. The van der Waals surface area contributed by atoms with Gasteiger partial charge in [-0.3, -0.25) is 0 Å². The molecule has 1 aromatic carbocycles. The molecule has 2 N–H and O–H groups in total. The number of anilines is 1. The second-order valence-corrected chi connectivity index (χ2v) is 5.84. The van der Waals surface area contributed by atoms with Crippen LogP contribution in [0, 0.1) is 0 Å². The molecule has 24 heavy (non-hydrogen) atoms. The quantitative estimate of drug-likeness (QED) is 0.580. The van der Waals surface area contributed by atoms with Crippen LogP contribution < -0.4 is 5.73 Å². The molecule has 0 radical (unpaired) electrons. The molecule has 0 amide bonds. The van der Waals surface area contributed by atoms with Crippen LogP contribution in [0.25, 0.3) is 16.9 Å². The third-order valence-electron chi connectivity index (χ3n) is 3.82. The fraction of sp³-hybridized carbons (Fsp3) is 0.0556. The largest absolute Gasteiger partial charge is 0.368 e. The minimum Gasteiger partial charge on any atom is -0.368 e. The van der Waals surface area contributed by atoms with E-state index in [4.69, 9.17) is 17.3 Å². The lowest BCUT2D eigenvalue weighted by Gasteiger charge is -2.04. The van der Waals surface area contributed by atoms with Crippen molar-refractivity contribution in [1.82, 2.24) is 19.6 Å². The molecule has 0 bridgehead atoms. The molecule has 4 aromatic rings. The summed E-state index contributed by atoms with van der Waals surface area (Å²) in [6.07, 6.45) is 2.66.